The summed E-state index contributed by atoms with van der Waals surface area (Å²) in [6, 6.07) is 24.1. The number of carbonyl (C=O) groups excluding carboxylic acids is 1. The molecule has 9 heteroatoms. The Bertz CT molecular complexity index is 1610. The molecule has 0 atom stereocenters. The van der Waals surface area contributed by atoms with Crippen LogP contribution >= 0.6 is 0 Å². The van der Waals surface area contributed by atoms with E-state index in [9.17, 15) is 28.2 Å². The number of aromatic nitrogens is 3. The van der Waals surface area contributed by atoms with Crippen LogP contribution in [0.1, 0.15) is 21.5 Å². The van der Waals surface area contributed by atoms with Gasteiger partial charge in [0, 0.05) is 11.1 Å². The highest BCUT2D eigenvalue weighted by Crippen LogP contribution is 2.38. The van der Waals surface area contributed by atoms with E-state index < -0.39 is 17.5 Å². The molecule has 0 bridgehead atoms. The van der Waals surface area contributed by atoms with Gasteiger partial charge in [-0.3, -0.25) is 4.79 Å². The molecule has 5 aromatic rings. The van der Waals surface area contributed by atoms with Crippen molar-refractivity contribution in [2.75, 3.05) is 0 Å². The first kappa shape index (κ1) is 23.8. The zero-order valence-electron chi connectivity index (χ0n) is 19.0. The maximum absolute atomic E-state index is 13.4. The summed E-state index contributed by atoms with van der Waals surface area (Å²) in [4.78, 5) is 17.8. The number of carbonyl (C=O) groups is 1. The van der Waals surface area contributed by atoms with Crippen LogP contribution in [0.4, 0.5) is 13.2 Å². The summed E-state index contributed by atoms with van der Waals surface area (Å²) in [5.41, 5.74) is 0.274. The Labute approximate surface area is 208 Å². The number of hydrogen-bond acceptors (Lipinski definition) is 5. The van der Waals surface area contributed by atoms with Crippen molar-refractivity contribution >= 4 is 5.78 Å². The molecule has 5 rings (SSSR count). The third kappa shape index (κ3) is 4.54. The zero-order valence-corrected chi connectivity index (χ0v) is 19.0. The number of para-hydroxylation sites is 2. The molecule has 37 heavy (non-hydrogen) atoms. The largest absolute Gasteiger partial charge is 0.507 e. The predicted octanol–water partition coefficient (Wildman–Crippen LogP) is 6.26. The molecular weight excluding hydrogens is 483 g/mol. The Morgan fingerprint density at radius 3 is 2.14 bits per heavy atom. The molecule has 0 aliphatic rings. The smallest absolute Gasteiger partial charge is 0.416 e. The van der Waals surface area contributed by atoms with Crippen LogP contribution in [0.15, 0.2) is 97.1 Å². The number of benzene rings is 4. The Hall–Kier alpha value is -4.92. The summed E-state index contributed by atoms with van der Waals surface area (Å²) in [6.45, 7) is 0. The number of phenolic OH excluding ortho intramolecular Hbond substituents is 2. The number of rotatable bonds is 5. The average Bonchev–Trinajstić information content (AvgIpc) is 3.33. The van der Waals surface area contributed by atoms with Crippen molar-refractivity contribution in [3.05, 3.63) is 114 Å². The van der Waals surface area contributed by atoms with Crippen molar-refractivity contribution in [1.29, 1.82) is 0 Å². The quantitative estimate of drug-likeness (QED) is 0.278. The SMILES string of the molecule is O=C(c1ccccc1)c1ccccc1-n1nc(-c2ccc(C(F)(F)F)cc2O)nc1-c1ccccc1O. The standard InChI is InChI=1S/C28H18F3N3O3/c29-28(30,31)18-14-15-20(24(36)16-18)26-32-27(21-11-5-7-13-23(21)35)34(33-26)22-12-6-4-10-19(22)25(37)17-8-2-1-3-9-17/h1-16,35-36H. The van der Waals surface area contributed by atoms with Gasteiger partial charge in [0.05, 0.1) is 22.4 Å². The first-order chi connectivity index (χ1) is 17.7. The lowest BCUT2D eigenvalue weighted by Crippen LogP contribution is -2.09. The molecule has 2 N–H and O–H groups in total. The molecular formula is C28H18F3N3O3. The van der Waals surface area contributed by atoms with E-state index in [1.807, 2.05) is 0 Å². The molecule has 0 saturated carbocycles. The molecule has 184 valence electrons. The second-order valence-electron chi connectivity index (χ2n) is 8.13. The van der Waals surface area contributed by atoms with E-state index in [0.717, 1.165) is 12.1 Å². The Morgan fingerprint density at radius 2 is 1.43 bits per heavy atom. The van der Waals surface area contributed by atoms with Crippen LogP contribution in [-0.4, -0.2) is 30.8 Å². The first-order valence-corrected chi connectivity index (χ1v) is 11.1. The van der Waals surface area contributed by atoms with E-state index in [1.165, 1.54) is 10.7 Å². The van der Waals surface area contributed by atoms with Gasteiger partial charge < -0.3 is 10.2 Å². The fourth-order valence-electron chi connectivity index (χ4n) is 3.92. The zero-order chi connectivity index (χ0) is 26.2. The second kappa shape index (κ2) is 9.27. The van der Waals surface area contributed by atoms with Crippen LogP contribution in [0, 0.1) is 0 Å². The molecule has 1 heterocycles. The molecule has 0 aliphatic heterocycles. The third-order valence-corrected chi connectivity index (χ3v) is 5.73. The maximum Gasteiger partial charge on any atom is 0.416 e. The Balaban J connectivity index is 1.72. The number of alkyl halides is 3. The lowest BCUT2D eigenvalue weighted by molar-refractivity contribution is -0.137. The number of hydrogen-bond donors (Lipinski definition) is 2. The van der Waals surface area contributed by atoms with Gasteiger partial charge in [-0.2, -0.15) is 13.2 Å². The van der Waals surface area contributed by atoms with E-state index >= 15 is 0 Å². The second-order valence-corrected chi connectivity index (χ2v) is 8.13. The third-order valence-electron chi connectivity index (χ3n) is 5.73. The van der Waals surface area contributed by atoms with Gasteiger partial charge in [0.2, 0.25) is 0 Å². The molecule has 0 aliphatic carbocycles. The van der Waals surface area contributed by atoms with Crippen molar-refractivity contribution in [3.63, 3.8) is 0 Å². The molecule has 0 amide bonds. The van der Waals surface area contributed by atoms with Crippen LogP contribution in [-0.2, 0) is 6.18 Å². The van der Waals surface area contributed by atoms with Crippen molar-refractivity contribution < 1.29 is 28.2 Å². The van der Waals surface area contributed by atoms with Gasteiger partial charge in [0.25, 0.3) is 0 Å². The van der Waals surface area contributed by atoms with Crippen molar-refractivity contribution in [2.45, 2.75) is 6.18 Å². The summed E-state index contributed by atoms with van der Waals surface area (Å²) < 4.78 is 40.7. The molecule has 6 nitrogen and oxygen atoms in total. The summed E-state index contributed by atoms with van der Waals surface area (Å²) in [5, 5.41) is 25.4. The molecule has 0 fully saturated rings. The highest BCUT2D eigenvalue weighted by Gasteiger charge is 2.32. The topological polar surface area (TPSA) is 88.2 Å². The lowest BCUT2D eigenvalue weighted by atomic mass is 10.0. The van der Waals surface area contributed by atoms with E-state index in [4.69, 9.17) is 0 Å². The monoisotopic (exact) mass is 501 g/mol. The summed E-state index contributed by atoms with van der Waals surface area (Å²) in [6.07, 6.45) is -4.64. The van der Waals surface area contributed by atoms with Crippen molar-refractivity contribution in [2.24, 2.45) is 0 Å². The number of halogens is 3. The molecule has 0 radical (unpaired) electrons. The Morgan fingerprint density at radius 1 is 0.757 bits per heavy atom. The van der Waals surface area contributed by atoms with Gasteiger partial charge in [-0.05, 0) is 42.5 Å². The number of aromatic hydroxyl groups is 2. The van der Waals surface area contributed by atoms with Crippen LogP contribution < -0.4 is 0 Å². The predicted molar refractivity (Wildman–Crippen MR) is 130 cm³/mol. The minimum absolute atomic E-state index is 0.0460. The lowest BCUT2D eigenvalue weighted by Gasteiger charge is -2.12. The summed E-state index contributed by atoms with van der Waals surface area (Å²) in [7, 11) is 0. The van der Waals surface area contributed by atoms with Crippen molar-refractivity contribution in [1.82, 2.24) is 14.8 Å². The van der Waals surface area contributed by atoms with Gasteiger partial charge in [0.1, 0.15) is 11.5 Å². The average molecular weight is 501 g/mol. The molecule has 1 aromatic heterocycles. The first-order valence-electron chi connectivity index (χ1n) is 11.1. The molecule has 4 aromatic carbocycles. The van der Waals surface area contributed by atoms with E-state index in [1.54, 1.807) is 72.8 Å². The fraction of sp³-hybridized carbons (Fsp3) is 0.0357. The van der Waals surface area contributed by atoms with Gasteiger partial charge >= 0.3 is 6.18 Å². The minimum Gasteiger partial charge on any atom is -0.507 e. The van der Waals surface area contributed by atoms with Gasteiger partial charge in [-0.1, -0.05) is 54.6 Å². The minimum atomic E-state index is -4.64. The summed E-state index contributed by atoms with van der Waals surface area (Å²) >= 11 is 0. The van der Waals surface area contributed by atoms with E-state index in [-0.39, 0.29) is 34.3 Å². The normalized spacial score (nSPS) is 11.4. The van der Waals surface area contributed by atoms with Crippen LogP contribution in [0.3, 0.4) is 0 Å². The van der Waals surface area contributed by atoms with Crippen LogP contribution in [0.25, 0.3) is 28.5 Å². The van der Waals surface area contributed by atoms with E-state index in [0.29, 0.717) is 22.9 Å². The Kier molecular flexibility index (Phi) is 5.96. The number of nitrogens with zero attached hydrogens (tertiary/aromatic N) is 3. The van der Waals surface area contributed by atoms with Crippen molar-refractivity contribution in [3.8, 4) is 40.0 Å². The van der Waals surface area contributed by atoms with Gasteiger partial charge in [-0.15, -0.1) is 5.10 Å². The maximum atomic E-state index is 13.4. The number of phenols is 2. The molecule has 0 saturated heterocycles. The van der Waals surface area contributed by atoms with Crippen LogP contribution in [0.2, 0.25) is 0 Å². The molecule has 0 unspecified atom stereocenters. The van der Waals surface area contributed by atoms with Gasteiger partial charge in [0.15, 0.2) is 17.4 Å². The summed E-state index contributed by atoms with van der Waals surface area (Å²) in [5.74, 6) is -1.03. The highest BCUT2D eigenvalue weighted by molar-refractivity contribution is 6.11. The van der Waals surface area contributed by atoms with Crippen LogP contribution in [0.5, 0.6) is 11.5 Å². The van der Waals surface area contributed by atoms with E-state index in [2.05, 4.69) is 10.1 Å². The number of ketones is 1. The van der Waals surface area contributed by atoms with Gasteiger partial charge in [-0.25, -0.2) is 9.67 Å². The highest BCUT2D eigenvalue weighted by atomic mass is 19.4. The molecule has 0 spiro atoms. The fourth-order valence-corrected chi connectivity index (χ4v) is 3.92.